The molecule has 1 aromatic carbocycles. The third kappa shape index (κ3) is 5.76. The lowest BCUT2D eigenvalue weighted by Crippen LogP contribution is -2.12. The molecule has 0 amide bonds. The van der Waals surface area contributed by atoms with Crippen molar-refractivity contribution in [3.63, 3.8) is 0 Å². The SMILES string of the molecule is CCCCCOc1cccc(OC(=O)CC)c1OC(=O)CC. The summed E-state index contributed by atoms with van der Waals surface area (Å²) in [5.41, 5.74) is 0. The fourth-order valence-corrected chi connectivity index (χ4v) is 1.71. The van der Waals surface area contributed by atoms with Gasteiger partial charge in [0.15, 0.2) is 11.5 Å². The highest BCUT2D eigenvalue weighted by atomic mass is 16.6. The summed E-state index contributed by atoms with van der Waals surface area (Å²) in [5, 5.41) is 0. The van der Waals surface area contributed by atoms with Crippen LogP contribution in [0.25, 0.3) is 0 Å². The van der Waals surface area contributed by atoms with Crippen LogP contribution in [0.15, 0.2) is 18.2 Å². The standard InChI is InChI=1S/C17H24O5/c1-4-7-8-12-20-13-10-9-11-14(21-15(18)5-2)17(13)22-16(19)6-3/h9-11H,4-8,12H2,1-3H3. The van der Waals surface area contributed by atoms with Gasteiger partial charge in [0.25, 0.3) is 0 Å². The van der Waals surface area contributed by atoms with Gasteiger partial charge in [0.2, 0.25) is 5.75 Å². The lowest BCUT2D eigenvalue weighted by Gasteiger charge is -2.14. The van der Waals surface area contributed by atoms with Crippen LogP contribution >= 0.6 is 0 Å². The van der Waals surface area contributed by atoms with Crippen LogP contribution in [0.1, 0.15) is 52.9 Å². The van der Waals surface area contributed by atoms with Gasteiger partial charge in [-0.05, 0) is 18.6 Å². The van der Waals surface area contributed by atoms with Crippen molar-refractivity contribution >= 4 is 11.9 Å². The molecule has 1 rings (SSSR count). The number of carbonyl (C=O) groups is 2. The van der Waals surface area contributed by atoms with E-state index < -0.39 is 11.9 Å². The van der Waals surface area contributed by atoms with Crippen molar-refractivity contribution in [3.05, 3.63) is 18.2 Å². The highest BCUT2D eigenvalue weighted by molar-refractivity contribution is 5.77. The van der Waals surface area contributed by atoms with Gasteiger partial charge in [0.1, 0.15) is 0 Å². The van der Waals surface area contributed by atoms with Gasteiger partial charge < -0.3 is 14.2 Å². The third-order valence-electron chi connectivity index (χ3n) is 2.97. The number of hydrogen-bond donors (Lipinski definition) is 0. The summed E-state index contributed by atoms with van der Waals surface area (Å²) in [4.78, 5) is 23.1. The molecule has 122 valence electrons. The molecule has 0 saturated heterocycles. The molecule has 0 heterocycles. The van der Waals surface area contributed by atoms with Crippen molar-refractivity contribution in [2.24, 2.45) is 0 Å². The first-order valence-corrected chi connectivity index (χ1v) is 7.79. The van der Waals surface area contributed by atoms with Gasteiger partial charge in [-0.1, -0.05) is 39.7 Å². The first kappa shape index (κ1) is 18.0. The third-order valence-corrected chi connectivity index (χ3v) is 2.97. The van der Waals surface area contributed by atoms with Crippen LogP contribution in [0.4, 0.5) is 0 Å². The van der Waals surface area contributed by atoms with Crippen molar-refractivity contribution in [1.82, 2.24) is 0 Å². The molecule has 0 saturated carbocycles. The summed E-state index contributed by atoms with van der Waals surface area (Å²) < 4.78 is 16.2. The molecule has 22 heavy (non-hydrogen) atoms. The zero-order chi connectivity index (χ0) is 16.4. The summed E-state index contributed by atoms with van der Waals surface area (Å²) >= 11 is 0. The van der Waals surface area contributed by atoms with Gasteiger partial charge >= 0.3 is 11.9 Å². The molecule has 0 aliphatic rings. The van der Waals surface area contributed by atoms with Crippen LogP contribution in [-0.2, 0) is 9.59 Å². The first-order chi connectivity index (χ1) is 10.6. The predicted molar refractivity (Wildman–Crippen MR) is 83.3 cm³/mol. The maximum absolute atomic E-state index is 11.6. The van der Waals surface area contributed by atoms with Crippen LogP contribution in [0.2, 0.25) is 0 Å². The van der Waals surface area contributed by atoms with Crippen LogP contribution in [0, 0.1) is 0 Å². The van der Waals surface area contributed by atoms with E-state index in [0.717, 1.165) is 19.3 Å². The van der Waals surface area contributed by atoms with Gasteiger partial charge in [-0.3, -0.25) is 9.59 Å². The molecule has 0 fully saturated rings. The Morgan fingerprint density at radius 2 is 1.55 bits per heavy atom. The minimum absolute atomic E-state index is 0.174. The number of rotatable bonds is 9. The van der Waals surface area contributed by atoms with Gasteiger partial charge in [0.05, 0.1) is 6.61 Å². The highest BCUT2D eigenvalue weighted by Crippen LogP contribution is 2.38. The van der Waals surface area contributed by atoms with Crippen LogP contribution in [-0.4, -0.2) is 18.5 Å². The van der Waals surface area contributed by atoms with E-state index in [2.05, 4.69) is 6.92 Å². The smallest absolute Gasteiger partial charge is 0.311 e. The minimum Gasteiger partial charge on any atom is -0.490 e. The number of unbranched alkanes of at least 4 members (excludes halogenated alkanes) is 2. The molecule has 0 unspecified atom stereocenters. The second-order valence-corrected chi connectivity index (χ2v) is 4.79. The second-order valence-electron chi connectivity index (χ2n) is 4.79. The average molecular weight is 308 g/mol. The normalized spacial score (nSPS) is 10.1. The van der Waals surface area contributed by atoms with E-state index in [0.29, 0.717) is 12.4 Å². The highest BCUT2D eigenvalue weighted by Gasteiger charge is 2.17. The molecular formula is C17H24O5. The summed E-state index contributed by atoms with van der Waals surface area (Å²) in [6, 6.07) is 4.99. The fourth-order valence-electron chi connectivity index (χ4n) is 1.71. The van der Waals surface area contributed by atoms with Gasteiger partial charge in [-0.25, -0.2) is 0 Å². The Kier molecular flexibility index (Phi) is 8.04. The Balaban J connectivity index is 2.94. The topological polar surface area (TPSA) is 61.8 Å². The van der Waals surface area contributed by atoms with E-state index in [1.165, 1.54) is 0 Å². The Labute approximate surface area is 131 Å². The average Bonchev–Trinajstić information content (AvgIpc) is 2.53. The number of hydrogen-bond acceptors (Lipinski definition) is 5. The molecule has 0 bridgehead atoms. The van der Waals surface area contributed by atoms with Crippen LogP contribution in [0.3, 0.4) is 0 Å². The zero-order valence-electron chi connectivity index (χ0n) is 13.5. The van der Waals surface area contributed by atoms with E-state index in [-0.39, 0.29) is 24.3 Å². The Hall–Kier alpha value is -2.04. The molecule has 5 nitrogen and oxygen atoms in total. The second kappa shape index (κ2) is 9.82. The molecule has 0 atom stereocenters. The van der Waals surface area contributed by atoms with E-state index in [1.54, 1.807) is 32.0 Å². The monoisotopic (exact) mass is 308 g/mol. The number of carbonyl (C=O) groups excluding carboxylic acids is 2. The number of ether oxygens (including phenoxy) is 3. The first-order valence-electron chi connectivity index (χ1n) is 7.79. The van der Waals surface area contributed by atoms with E-state index >= 15 is 0 Å². The van der Waals surface area contributed by atoms with Crippen molar-refractivity contribution in [2.45, 2.75) is 52.9 Å². The maximum atomic E-state index is 11.6. The Bertz CT molecular complexity index is 496. The van der Waals surface area contributed by atoms with Crippen LogP contribution in [0.5, 0.6) is 17.2 Å². The molecular weight excluding hydrogens is 284 g/mol. The van der Waals surface area contributed by atoms with Gasteiger partial charge in [-0.15, -0.1) is 0 Å². The van der Waals surface area contributed by atoms with Crippen molar-refractivity contribution < 1.29 is 23.8 Å². The lowest BCUT2D eigenvalue weighted by atomic mass is 10.2. The zero-order valence-corrected chi connectivity index (χ0v) is 13.5. The quantitative estimate of drug-likeness (QED) is 0.393. The molecule has 5 heteroatoms. The molecule has 0 radical (unpaired) electrons. The number of para-hydroxylation sites is 1. The molecule has 0 aromatic heterocycles. The van der Waals surface area contributed by atoms with Gasteiger partial charge in [-0.2, -0.15) is 0 Å². The van der Waals surface area contributed by atoms with Crippen molar-refractivity contribution in [2.75, 3.05) is 6.61 Å². The maximum Gasteiger partial charge on any atom is 0.311 e. The predicted octanol–water partition coefficient (Wildman–Crippen LogP) is 3.89. The van der Waals surface area contributed by atoms with Crippen LogP contribution < -0.4 is 14.2 Å². The summed E-state index contributed by atoms with van der Waals surface area (Å²) in [7, 11) is 0. The van der Waals surface area contributed by atoms with E-state index in [4.69, 9.17) is 14.2 Å². The largest absolute Gasteiger partial charge is 0.490 e. The Morgan fingerprint density at radius 1 is 0.909 bits per heavy atom. The van der Waals surface area contributed by atoms with Gasteiger partial charge in [0, 0.05) is 12.8 Å². The molecule has 1 aromatic rings. The Morgan fingerprint density at radius 3 is 2.18 bits per heavy atom. The number of benzene rings is 1. The van der Waals surface area contributed by atoms with E-state index in [9.17, 15) is 9.59 Å². The summed E-state index contributed by atoms with van der Waals surface area (Å²) in [6.07, 6.45) is 3.54. The summed E-state index contributed by atoms with van der Waals surface area (Å²) in [5.74, 6) is 0.00364. The number of esters is 2. The van der Waals surface area contributed by atoms with Crippen molar-refractivity contribution in [1.29, 1.82) is 0 Å². The molecule has 0 aliphatic heterocycles. The van der Waals surface area contributed by atoms with E-state index in [1.807, 2.05) is 0 Å². The minimum atomic E-state index is -0.404. The lowest BCUT2D eigenvalue weighted by molar-refractivity contribution is -0.136. The summed E-state index contributed by atoms with van der Waals surface area (Å²) in [6.45, 7) is 6.03. The molecule has 0 aliphatic carbocycles. The molecule has 0 spiro atoms. The van der Waals surface area contributed by atoms with Crippen molar-refractivity contribution in [3.8, 4) is 17.2 Å². The fraction of sp³-hybridized carbons (Fsp3) is 0.529. The molecule has 0 N–H and O–H groups in total.